The van der Waals surface area contributed by atoms with Crippen LogP contribution in [0.3, 0.4) is 0 Å². The van der Waals surface area contributed by atoms with Crippen molar-refractivity contribution in [1.29, 1.82) is 0 Å². The highest BCUT2D eigenvalue weighted by Crippen LogP contribution is 2.34. The fourth-order valence-corrected chi connectivity index (χ4v) is 6.23. The normalized spacial score (nSPS) is 19.1. The van der Waals surface area contributed by atoms with E-state index in [0.29, 0.717) is 30.4 Å². The Balaban J connectivity index is 1.40. The molecule has 3 aromatic carbocycles. The number of amides is 1. The van der Waals surface area contributed by atoms with E-state index < -0.39 is 16.1 Å². The average Bonchev–Trinajstić information content (AvgIpc) is 3.43. The molecule has 0 radical (unpaired) electrons. The Labute approximate surface area is 250 Å². The zero-order chi connectivity index (χ0) is 30.0. The zero-order valence-electron chi connectivity index (χ0n) is 23.6. The lowest BCUT2D eigenvalue weighted by Crippen LogP contribution is -2.49. The van der Waals surface area contributed by atoms with Crippen LogP contribution in [0.2, 0.25) is 5.02 Å². The minimum absolute atomic E-state index is 0.0381. The standard InChI is InChI=1S/C30H34ClN3O7S/c1-19-14-34(20(2)17-35)30(36)25-13-23(32-42(37,38)24-8-5-22(31)6-9-24)7-11-26(25)41-29(19)16-33(3)15-21-4-10-27-28(12-21)40-18-39-27/h4-13,19-20,29,32,35H,14-18H2,1-3H3/t19-,20+,29+/m1/s1. The number of carbonyl (C=O) groups is 1. The van der Waals surface area contributed by atoms with Crippen molar-refractivity contribution in [3.05, 3.63) is 76.8 Å². The Morgan fingerprint density at radius 1 is 1.07 bits per heavy atom. The Kier molecular flexibility index (Phi) is 8.84. The summed E-state index contributed by atoms with van der Waals surface area (Å²) in [5.74, 6) is 1.38. The molecule has 2 aliphatic heterocycles. The minimum atomic E-state index is -3.93. The van der Waals surface area contributed by atoms with Gasteiger partial charge in [-0.15, -0.1) is 0 Å². The van der Waals surface area contributed by atoms with E-state index in [1.165, 1.54) is 30.3 Å². The van der Waals surface area contributed by atoms with Crippen LogP contribution >= 0.6 is 11.6 Å². The Morgan fingerprint density at radius 2 is 1.79 bits per heavy atom. The van der Waals surface area contributed by atoms with Crippen LogP contribution in [0.25, 0.3) is 0 Å². The van der Waals surface area contributed by atoms with Gasteiger partial charge in [-0.1, -0.05) is 24.6 Å². The third-order valence-corrected chi connectivity index (χ3v) is 9.07. The van der Waals surface area contributed by atoms with E-state index in [1.54, 1.807) is 24.0 Å². The molecule has 0 unspecified atom stereocenters. The van der Waals surface area contributed by atoms with Crippen LogP contribution in [0.5, 0.6) is 17.2 Å². The van der Waals surface area contributed by atoms with Crippen molar-refractivity contribution in [1.82, 2.24) is 9.80 Å². The van der Waals surface area contributed by atoms with E-state index in [2.05, 4.69) is 9.62 Å². The number of anilines is 1. The van der Waals surface area contributed by atoms with Crippen molar-refractivity contribution < 1.29 is 32.5 Å². The molecule has 0 aromatic heterocycles. The van der Waals surface area contributed by atoms with Crippen LogP contribution in [-0.2, 0) is 16.6 Å². The Morgan fingerprint density at radius 3 is 2.52 bits per heavy atom. The summed E-state index contributed by atoms with van der Waals surface area (Å²) in [5, 5.41) is 10.4. The molecular weight excluding hydrogens is 582 g/mol. The van der Waals surface area contributed by atoms with Gasteiger partial charge < -0.3 is 24.2 Å². The molecule has 0 bridgehead atoms. The van der Waals surface area contributed by atoms with Gasteiger partial charge in [-0.05, 0) is 74.1 Å². The van der Waals surface area contributed by atoms with Gasteiger partial charge in [0.05, 0.1) is 23.1 Å². The van der Waals surface area contributed by atoms with Gasteiger partial charge in [-0.25, -0.2) is 8.42 Å². The van der Waals surface area contributed by atoms with Gasteiger partial charge in [0.1, 0.15) is 11.9 Å². The summed E-state index contributed by atoms with van der Waals surface area (Å²) in [6.45, 7) is 5.33. The first kappa shape index (κ1) is 30.0. The lowest BCUT2D eigenvalue weighted by atomic mass is 9.99. The predicted molar refractivity (Wildman–Crippen MR) is 159 cm³/mol. The highest BCUT2D eigenvalue weighted by molar-refractivity contribution is 7.92. The number of sulfonamides is 1. The molecule has 1 amide bonds. The lowest BCUT2D eigenvalue weighted by Gasteiger charge is -2.38. The highest BCUT2D eigenvalue weighted by Gasteiger charge is 2.34. The van der Waals surface area contributed by atoms with E-state index >= 15 is 0 Å². The van der Waals surface area contributed by atoms with Gasteiger partial charge >= 0.3 is 0 Å². The van der Waals surface area contributed by atoms with E-state index in [9.17, 15) is 18.3 Å². The minimum Gasteiger partial charge on any atom is -0.488 e. The topological polar surface area (TPSA) is 118 Å². The summed E-state index contributed by atoms with van der Waals surface area (Å²) in [6.07, 6.45) is -0.305. The van der Waals surface area contributed by atoms with E-state index in [0.717, 1.165) is 17.1 Å². The van der Waals surface area contributed by atoms with Crippen molar-refractivity contribution in [2.45, 2.75) is 37.4 Å². The molecule has 0 spiro atoms. The molecule has 12 heteroatoms. The fourth-order valence-electron chi connectivity index (χ4n) is 5.05. The number of nitrogens with zero attached hydrogens (tertiary/aromatic N) is 2. The molecule has 0 saturated carbocycles. The van der Waals surface area contributed by atoms with Gasteiger partial charge in [0, 0.05) is 36.3 Å². The Hall–Kier alpha value is -3.51. The molecule has 2 N–H and O–H groups in total. The van der Waals surface area contributed by atoms with Crippen LogP contribution in [0.4, 0.5) is 5.69 Å². The second kappa shape index (κ2) is 12.4. The van der Waals surface area contributed by atoms with E-state index in [4.69, 9.17) is 25.8 Å². The highest BCUT2D eigenvalue weighted by atomic mass is 35.5. The number of aliphatic hydroxyl groups excluding tert-OH is 1. The number of hydrogen-bond donors (Lipinski definition) is 2. The summed E-state index contributed by atoms with van der Waals surface area (Å²) in [4.78, 5) is 17.5. The molecule has 0 saturated heterocycles. The first-order valence-corrected chi connectivity index (χ1v) is 15.5. The number of hydrogen-bond acceptors (Lipinski definition) is 8. The van der Waals surface area contributed by atoms with Gasteiger partial charge in [-0.3, -0.25) is 14.4 Å². The number of nitrogens with one attached hydrogen (secondary N) is 1. The van der Waals surface area contributed by atoms with Crippen LogP contribution in [0.15, 0.2) is 65.6 Å². The monoisotopic (exact) mass is 615 g/mol. The molecular formula is C30H34ClN3O7S. The van der Waals surface area contributed by atoms with Gasteiger partial charge in [0.2, 0.25) is 6.79 Å². The molecule has 3 atom stereocenters. The summed E-state index contributed by atoms with van der Waals surface area (Å²) in [7, 11) is -1.94. The molecule has 3 aromatic rings. The molecule has 0 aliphatic carbocycles. The van der Waals surface area contributed by atoms with Gasteiger partial charge in [-0.2, -0.15) is 0 Å². The first-order valence-electron chi connectivity index (χ1n) is 13.6. The largest absolute Gasteiger partial charge is 0.488 e. The number of likely N-dealkylation sites (N-methyl/N-ethyl adjacent to an activating group) is 1. The van der Waals surface area contributed by atoms with Crippen molar-refractivity contribution in [2.75, 3.05) is 38.3 Å². The Bertz CT molecular complexity index is 1550. The maximum absolute atomic E-state index is 13.7. The second-order valence-corrected chi connectivity index (χ2v) is 12.9. The van der Waals surface area contributed by atoms with Crippen molar-refractivity contribution in [3.8, 4) is 17.2 Å². The number of ether oxygens (including phenoxy) is 3. The quantitative estimate of drug-likeness (QED) is 0.367. The zero-order valence-corrected chi connectivity index (χ0v) is 25.2. The molecule has 5 rings (SSSR count). The van der Waals surface area contributed by atoms with E-state index in [1.807, 2.05) is 32.2 Å². The maximum Gasteiger partial charge on any atom is 0.261 e. The van der Waals surface area contributed by atoms with Gasteiger partial charge in [0.15, 0.2) is 11.5 Å². The number of benzene rings is 3. The number of fused-ring (bicyclic) bond motifs is 2. The number of carbonyl (C=O) groups excluding carboxylic acids is 1. The lowest BCUT2D eigenvalue weighted by molar-refractivity contribution is 0.0341. The van der Waals surface area contributed by atoms with Crippen LogP contribution in [-0.4, -0.2) is 74.9 Å². The number of rotatable bonds is 9. The molecule has 0 fully saturated rings. The van der Waals surface area contributed by atoms with Crippen LogP contribution < -0.4 is 18.9 Å². The van der Waals surface area contributed by atoms with Crippen LogP contribution in [0.1, 0.15) is 29.8 Å². The fraction of sp³-hybridized carbons (Fsp3) is 0.367. The molecule has 10 nitrogen and oxygen atoms in total. The predicted octanol–water partition coefficient (Wildman–Crippen LogP) is 4.22. The molecule has 2 heterocycles. The number of halogens is 1. The smallest absolute Gasteiger partial charge is 0.261 e. The van der Waals surface area contributed by atoms with Crippen molar-refractivity contribution in [2.24, 2.45) is 5.92 Å². The van der Waals surface area contributed by atoms with Crippen LogP contribution in [0, 0.1) is 5.92 Å². The van der Waals surface area contributed by atoms with Gasteiger partial charge in [0.25, 0.3) is 15.9 Å². The summed E-state index contributed by atoms with van der Waals surface area (Å²) >= 11 is 5.91. The third kappa shape index (κ3) is 6.59. The summed E-state index contributed by atoms with van der Waals surface area (Å²) in [6, 6.07) is 15.9. The average molecular weight is 616 g/mol. The van der Waals surface area contributed by atoms with Crippen molar-refractivity contribution in [3.63, 3.8) is 0 Å². The summed E-state index contributed by atoms with van der Waals surface area (Å²) < 4.78 is 45.9. The summed E-state index contributed by atoms with van der Waals surface area (Å²) in [5.41, 5.74) is 1.48. The molecule has 2 aliphatic rings. The van der Waals surface area contributed by atoms with E-state index in [-0.39, 0.29) is 47.5 Å². The third-order valence-electron chi connectivity index (χ3n) is 7.42. The SMILES string of the molecule is C[C@@H]1CN([C@@H](C)CO)C(=O)c2cc(NS(=O)(=O)c3ccc(Cl)cc3)ccc2O[C@H]1CN(C)Cc1ccc2c(c1)OCO2. The maximum atomic E-state index is 13.7. The first-order chi connectivity index (χ1) is 20.0. The number of aliphatic hydroxyl groups is 1. The molecule has 42 heavy (non-hydrogen) atoms. The van der Waals surface area contributed by atoms with Crippen molar-refractivity contribution >= 4 is 33.2 Å². The molecule has 224 valence electrons. The second-order valence-electron chi connectivity index (χ2n) is 10.8.